The number of hydrogen-bond acceptors (Lipinski definition) is 6. The normalized spacial score (nSPS) is 22.3. The van der Waals surface area contributed by atoms with Crippen molar-refractivity contribution in [2.24, 2.45) is 0 Å². The molecular formula is C22H29N3O4S. The first-order valence-electron chi connectivity index (χ1n) is 10.8. The lowest BCUT2D eigenvalue weighted by molar-refractivity contribution is -0.136. The monoisotopic (exact) mass is 431 g/mol. The van der Waals surface area contributed by atoms with Crippen LogP contribution in [-0.4, -0.2) is 72.2 Å². The summed E-state index contributed by atoms with van der Waals surface area (Å²) in [6.07, 6.45) is 4.22. The summed E-state index contributed by atoms with van der Waals surface area (Å²) in [5, 5.41) is 2.36. The van der Waals surface area contributed by atoms with Gasteiger partial charge in [0.2, 0.25) is 11.8 Å². The number of carbonyl (C=O) groups excluding carboxylic acids is 3. The third-order valence-corrected chi connectivity index (χ3v) is 7.21. The van der Waals surface area contributed by atoms with Crippen LogP contribution >= 0.6 is 11.8 Å². The molecular weight excluding hydrogens is 402 g/mol. The summed E-state index contributed by atoms with van der Waals surface area (Å²) in [5.74, 6) is 0.297. The van der Waals surface area contributed by atoms with Gasteiger partial charge >= 0.3 is 0 Å². The summed E-state index contributed by atoms with van der Waals surface area (Å²) in [4.78, 5) is 41.7. The number of hydrogen-bond donors (Lipinski definition) is 1. The lowest BCUT2D eigenvalue weighted by Crippen LogP contribution is -2.52. The Hall–Kier alpha value is -1.90. The molecule has 8 heteroatoms. The fraction of sp³-hybridized carbons (Fsp3) is 0.591. The number of thioether (sulfide) groups is 1. The molecule has 0 aliphatic carbocycles. The van der Waals surface area contributed by atoms with Crippen LogP contribution in [0.1, 0.15) is 48.0 Å². The van der Waals surface area contributed by atoms with Gasteiger partial charge in [-0.1, -0.05) is 12.5 Å². The maximum absolute atomic E-state index is 12.9. The molecule has 1 aromatic carbocycles. The fourth-order valence-corrected chi connectivity index (χ4v) is 5.41. The standard InChI is InChI=1S/C22H29N3O4S/c26-20-8-7-18(21(27)23-20)25-15-17-16(22(25)28)5-4-6-19(17)30-14-3-1-2-9-24-10-12-29-13-11-24/h4-6,18H,1-3,7-15H2,(H,23,26,27). The first kappa shape index (κ1) is 21.3. The van der Waals surface area contributed by atoms with Gasteiger partial charge in [0.05, 0.1) is 13.2 Å². The van der Waals surface area contributed by atoms with E-state index in [1.807, 2.05) is 12.1 Å². The molecule has 1 atom stereocenters. The summed E-state index contributed by atoms with van der Waals surface area (Å²) in [6, 6.07) is 5.28. The SMILES string of the molecule is O=C1CCC(N2Cc3c(SCCCCCN4CCOCC4)cccc3C2=O)C(=O)N1. The number of nitrogens with zero attached hydrogens (tertiary/aromatic N) is 2. The third-order valence-electron chi connectivity index (χ3n) is 6.02. The average molecular weight is 432 g/mol. The Morgan fingerprint density at radius 3 is 2.73 bits per heavy atom. The zero-order chi connectivity index (χ0) is 20.9. The van der Waals surface area contributed by atoms with E-state index in [9.17, 15) is 14.4 Å². The number of ether oxygens (including phenoxy) is 1. The maximum Gasteiger partial charge on any atom is 0.255 e. The number of nitrogens with one attached hydrogen (secondary N) is 1. The summed E-state index contributed by atoms with van der Waals surface area (Å²) >= 11 is 1.80. The van der Waals surface area contributed by atoms with Crippen molar-refractivity contribution in [3.05, 3.63) is 29.3 Å². The molecule has 3 aliphatic heterocycles. The van der Waals surface area contributed by atoms with Gasteiger partial charge in [0.15, 0.2) is 0 Å². The van der Waals surface area contributed by atoms with Crippen LogP contribution in [0.15, 0.2) is 23.1 Å². The van der Waals surface area contributed by atoms with Gasteiger partial charge < -0.3 is 9.64 Å². The predicted octanol–water partition coefficient (Wildman–Crippen LogP) is 2.04. The molecule has 0 aromatic heterocycles. The number of unbranched alkanes of at least 4 members (excludes halogenated alkanes) is 2. The molecule has 3 heterocycles. The van der Waals surface area contributed by atoms with E-state index in [4.69, 9.17) is 4.74 Å². The molecule has 2 fully saturated rings. The largest absolute Gasteiger partial charge is 0.379 e. The van der Waals surface area contributed by atoms with E-state index >= 15 is 0 Å². The van der Waals surface area contributed by atoms with Gasteiger partial charge in [-0.05, 0) is 49.3 Å². The topological polar surface area (TPSA) is 79.0 Å². The van der Waals surface area contributed by atoms with Gasteiger partial charge in [0.25, 0.3) is 5.91 Å². The van der Waals surface area contributed by atoms with Crippen LogP contribution in [0.2, 0.25) is 0 Å². The van der Waals surface area contributed by atoms with Gasteiger partial charge in [0, 0.05) is 36.5 Å². The number of amides is 3. The van der Waals surface area contributed by atoms with E-state index in [2.05, 4.69) is 16.3 Å². The van der Waals surface area contributed by atoms with Crippen LogP contribution in [0.5, 0.6) is 0 Å². The number of carbonyl (C=O) groups is 3. The van der Waals surface area contributed by atoms with Crippen LogP contribution in [-0.2, 0) is 20.9 Å². The molecule has 3 aliphatic rings. The number of benzene rings is 1. The predicted molar refractivity (Wildman–Crippen MR) is 114 cm³/mol. The number of morpholine rings is 1. The highest BCUT2D eigenvalue weighted by Gasteiger charge is 2.39. The van der Waals surface area contributed by atoms with Crippen molar-refractivity contribution >= 4 is 29.5 Å². The zero-order valence-corrected chi connectivity index (χ0v) is 18.0. The highest BCUT2D eigenvalue weighted by atomic mass is 32.2. The Balaban J connectivity index is 1.27. The van der Waals surface area contributed by atoms with Crippen molar-refractivity contribution in [1.82, 2.24) is 15.1 Å². The van der Waals surface area contributed by atoms with Gasteiger partial charge in [-0.2, -0.15) is 0 Å². The summed E-state index contributed by atoms with van der Waals surface area (Å²) in [5.41, 5.74) is 1.71. The van der Waals surface area contributed by atoms with Gasteiger partial charge in [-0.25, -0.2) is 0 Å². The molecule has 30 heavy (non-hydrogen) atoms. The van der Waals surface area contributed by atoms with Crippen LogP contribution in [0, 0.1) is 0 Å². The zero-order valence-electron chi connectivity index (χ0n) is 17.2. The minimum absolute atomic E-state index is 0.104. The van der Waals surface area contributed by atoms with Crippen LogP contribution in [0.4, 0.5) is 0 Å². The lowest BCUT2D eigenvalue weighted by Gasteiger charge is -2.29. The number of imide groups is 1. The van der Waals surface area contributed by atoms with Gasteiger partial charge in [0.1, 0.15) is 6.04 Å². The summed E-state index contributed by atoms with van der Waals surface area (Å²) < 4.78 is 5.38. The second-order valence-corrected chi connectivity index (χ2v) is 9.18. The Bertz CT molecular complexity index is 810. The van der Waals surface area contributed by atoms with Crippen molar-refractivity contribution < 1.29 is 19.1 Å². The van der Waals surface area contributed by atoms with E-state index in [1.165, 1.54) is 12.8 Å². The maximum atomic E-state index is 12.9. The molecule has 0 radical (unpaired) electrons. The Kier molecular flexibility index (Phi) is 7.07. The Morgan fingerprint density at radius 1 is 1.10 bits per heavy atom. The molecule has 2 saturated heterocycles. The highest BCUT2D eigenvalue weighted by molar-refractivity contribution is 7.99. The Morgan fingerprint density at radius 2 is 1.93 bits per heavy atom. The van der Waals surface area contributed by atoms with E-state index in [0.717, 1.165) is 55.5 Å². The lowest BCUT2D eigenvalue weighted by atomic mass is 10.0. The van der Waals surface area contributed by atoms with Crippen molar-refractivity contribution in [3.8, 4) is 0 Å². The molecule has 1 unspecified atom stereocenters. The minimum Gasteiger partial charge on any atom is -0.379 e. The van der Waals surface area contributed by atoms with Crippen molar-refractivity contribution in [1.29, 1.82) is 0 Å². The minimum atomic E-state index is -0.555. The van der Waals surface area contributed by atoms with E-state index in [0.29, 0.717) is 18.5 Å². The van der Waals surface area contributed by atoms with Crippen LogP contribution < -0.4 is 5.32 Å². The molecule has 4 rings (SSSR count). The number of fused-ring (bicyclic) bond motifs is 1. The quantitative estimate of drug-likeness (QED) is 0.386. The van der Waals surface area contributed by atoms with Crippen molar-refractivity contribution in [3.63, 3.8) is 0 Å². The van der Waals surface area contributed by atoms with Crippen molar-refractivity contribution in [2.75, 3.05) is 38.6 Å². The summed E-state index contributed by atoms with van der Waals surface area (Å²) in [6.45, 7) is 5.38. The van der Waals surface area contributed by atoms with Crippen molar-refractivity contribution in [2.45, 2.75) is 49.6 Å². The first-order chi connectivity index (χ1) is 14.6. The molecule has 1 N–H and O–H groups in total. The smallest absolute Gasteiger partial charge is 0.255 e. The molecule has 0 saturated carbocycles. The highest BCUT2D eigenvalue weighted by Crippen LogP contribution is 2.34. The summed E-state index contributed by atoms with van der Waals surface area (Å²) in [7, 11) is 0. The van der Waals surface area contributed by atoms with Crippen LogP contribution in [0.25, 0.3) is 0 Å². The Labute approximate surface area is 181 Å². The molecule has 3 amide bonds. The number of rotatable bonds is 8. The fourth-order valence-electron chi connectivity index (χ4n) is 4.31. The van der Waals surface area contributed by atoms with E-state index in [-0.39, 0.29) is 24.1 Å². The second kappa shape index (κ2) is 9.94. The third kappa shape index (κ3) is 4.87. The first-order valence-corrected chi connectivity index (χ1v) is 11.8. The molecule has 162 valence electrons. The molecule has 7 nitrogen and oxygen atoms in total. The molecule has 0 spiro atoms. The van der Waals surface area contributed by atoms with Gasteiger partial charge in [-0.15, -0.1) is 11.8 Å². The number of piperidine rings is 1. The van der Waals surface area contributed by atoms with Gasteiger partial charge in [-0.3, -0.25) is 24.6 Å². The van der Waals surface area contributed by atoms with E-state index in [1.54, 1.807) is 16.7 Å². The van der Waals surface area contributed by atoms with Crippen LogP contribution in [0.3, 0.4) is 0 Å². The molecule has 1 aromatic rings. The average Bonchev–Trinajstić information content (AvgIpc) is 3.08. The molecule has 0 bridgehead atoms. The second-order valence-electron chi connectivity index (χ2n) is 8.05. The van der Waals surface area contributed by atoms with E-state index < -0.39 is 6.04 Å².